The van der Waals surface area contributed by atoms with Crippen molar-refractivity contribution in [3.05, 3.63) is 21.4 Å². The van der Waals surface area contributed by atoms with Crippen LogP contribution in [-0.2, 0) is 0 Å². The predicted octanol–water partition coefficient (Wildman–Crippen LogP) is 3.62. The molecule has 7 heteroatoms. The fourth-order valence-corrected chi connectivity index (χ4v) is 4.25. The molecule has 102 valence electrons. The number of hydrogen-bond acceptors (Lipinski definition) is 7. The van der Waals surface area contributed by atoms with Crippen LogP contribution < -0.4 is 5.32 Å². The Kier molecular flexibility index (Phi) is 4.95. The molecule has 0 spiro atoms. The van der Waals surface area contributed by atoms with Crippen molar-refractivity contribution in [2.24, 2.45) is 0 Å². The molecule has 0 aliphatic heterocycles. The molecule has 2 heterocycles. The number of hydrogen-bond donors (Lipinski definition) is 1. The molecule has 2 aromatic rings. The number of ketones is 1. The van der Waals surface area contributed by atoms with E-state index in [2.05, 4.69) is 15.5 Å². The van der Waals surface area contributed by atoms with E-state index >= 15 is 0 Å². The first-order chi connectivity index (χ1) is 9.10. The van der Waals surface area contributed by atoms with Crippen molar-refractivity contribution in [1.29, 1.82) is 0 Å². The van der Waals surface area contributed by atoms with Gasteiger partial charge >= 0.3 is 0 Å². The first kappa shape index (κ1) is 14.5. The van der Waals surface area contributed by atoms with Crippen molar-refractivity contribution in [3.63, 3.8) is 0 Å². The number of Topliss-reactive ketones (excluding diaryl/α,β-unsaturated/α-hetero) is 1. The first-order valence-corrected chi connectivity index (χ1v) is 8.52. The Labute approximate surface area is 124 Å². The zero-order chi connectivity index (χ0) is 13.8. The van der Waals surface area contributed by atoms with Crippen LogP contribution in [0.25, 0.3) is 0 Å². The van der Waals surface area contributed by atoms with Gasteiger partial charge in [-0.25, -0.2) is 0 Å². The molecule has 2 aromatic heterocycles. The monoisotopic (exact) mass is 313 g/mol. The Hall–Kier alpha value is -0.920. The number of thioether (sulfide) groups is 1. The average Bonchev–Trinajstić information content (AvgIpc) is 2.93. The highest BCUT2D eigenvalue weighted by atomic mass is 32.2. The number of aryl methyl sites for hydroxylation is 2. The second-order valence-corrected chi connectivity index (χ2v) is 7.60. The van der Waals surface area contributed by atoms with E-state index in [1.54, 1.807) is 11.3 Å². The molecule has 2 rings (SSSR count). The fraction of sp³-hybridized carbons (Fsp3) is 0.417. The summed E-state index contributed by atoms with van der Waals surface area (Å²) in [5, 5.41) is 12.0. The van der Waals surface area contributed by atoms with Gasteiger partial charge in [-0.05, 0) is 26.8 Å². The minimum Gasteiger partial charge on any atom is -0.360 e. The molecule has 0 aromatic carbocycles. The summed E-state index contributed by atoms with van der Waals surface area (Å²) in [7, 11) is 0. The second kappa shape index (κ2) is 6.49. The number of aromatic nitrogens is 2. The zero-order valence-electron chi connectivity index (χ0n) is 11.0. The molecule has 0 aliphatic carbocycles. The van der Waals surface area contributed by atoms with Crippen molar-refractivity contribution < 1.29 is 4.79 Å². The van der Waals surface area contributed by atoms with Gasteiger partial charge in [0.25, 0.3) is 0 Å². The highest BCUT2D eigenvalue weighted by molar-refractivity contribution is 8.01. The lowest BCUT2D eigenvalue weighted by atomic mass is 10.2. The molecule has 1 N–H and O–H groups in total. The summed E-state index contributed by atoms with van der Waals surface area (Å²) in [6.45, 7) is 6.85. The molecule has 0 amide bonds. The van der Waals surface area contributed by atoms with Crippen LogP contribution in [-0.4, -0.2) is 28.3 Å². The maximum absolute atomic E-state index is 12.1. The third kappa shape index (κ3) is 3.77. The minimum atomic E-state index is 0.159. The smallest absolute Gasteiger partial charge is 0.206 e. The lowest BCUT2D eigenvalue weighted by molar-refractivity contribution is 0.102. The SMILES string of the molecule is CCNc1nnc(SCC(=O)c2cc(C)sc2C)s1. The summed E-state index contributed by atoms with van der Waals surface area (Å²) >= 11 is 4.60. The number of anilines is 1. The van der Waals surface area contributed by atoms with E-state index in [1.807, 2.05) is 26.8 Å². The van der Waals surface area contributed by atoms with Gasteiger partial charge in [-0.3, -0.25) is 4.79 Å². The Morgan fingerprint density at radius 1 is 1.37 bits per heavy atom. The molecule has 0 unspecified atom stereocenters. The fourth-order valence-electron chi connectivity index (χ4n) is 1.60. The van der Waals surface area contributed by atoms with E-state index < -0.39 is 0 Å². The maximum atomic E-state index is 12.1. The number of nitrogens with zero attached hydrogens (tertiary/aromatic N) is 2. The Morgan fingerprint density at radius 3 is 2.79 bits per heavy atom. The van der Waals surface area contributed by atoms with Crippen LogP contribution in [0.2, 0.25) is 0 Å². The second-order valence-electron chi connectivity index (χ2n) is 3.94. The molecule has 0 radical (unpaired) electrons. The van der Waals surface area contributed by atoms with E-state index in [0.717, 1.165) is 26.5 Å². The first-order valence-electron chi connectivity index (χ1n) is 5.90. The van der Waals surface area contributed by atoms with Crippen molar-refractivity contribution in [2.75, 3.05) is 17.6 Å². The van der Waals surface area contributed by atoms with Crippen molar-refractivity contribution in [1.82, 2.24) is 10.2 Å². The van der Waals surface area contributed by atoms with Gasteiger partial charge < -0.3 is 5.32 Å². The van der Waals surface area contributed by atoms with Crippen LogP contribution in [0.3, 0.4) is 0 Å². The molecule has 4 nitrogen and oxygen atoms in total. The summed E-state index contributed by atoms with van der Waals surface area (Å²) in [5.74, 6) is 0.574. The minimum absolute atomic E-state index is 0.159. The Morgan fingerprint density at radius 2 is 2.16 bits per heavy atom. The van der Waals surface area contributed by atoms with Gasteiger partial charge in [0.15, 0.2) is 10.1 Å². The standard InChI is InChI=1S/C12H15N3OS3/c1-4-13-11-14-15-12(19-11)17-6-10(16)9-5-7(2)18-8(9)3/h5H,4,6H2,1-3H3,(H,13,14). The van der Waals surface area contributed by atoms with Gasteiger partial charge in [-0.1, -0.05) is 23.1 Å². The molecule has 19 heavy (non-hydrogen) atoms. The number of nitrogens with one attached hydrogen (secondary N) is 1. The lowest BCUT2D eigenvalue weighted by Crippen LogP contribution is -2.02. The van der Waals surface area contributed by atoms with Crippen LogP contribution >= 0.6 is 34.4 Å². The van der Waals surface area contributed by atoms with Gasteiger partial charge in [0.05, 0.1) is 5.75 Å². The van der Waals surface area contributed by atoms with E-state index in [9.17, 15) is 4.79 Å². The third-order valence-corrected chi connectivity index (χ3v) is 5.38. The van der Waals surface area contributed by atoms with Crippen molar-refractivity contribution in [3.8, 4) is 0 Å². The summed E-state index contributed by atoms with van der Waals surface area (Å²) in [4.78, 5) is 14.4. The lowest BCUT2D eigenvalue weighted by Gasteiger charge is -1.97. The van der Waals surface area contributed by atoms with Crippen LogP contribution in [0.4, 0.5) is 5.13 Å². The van der Waals surface area contributed by atoms with Crippen LogP contribution in [0.15, 0.2) is 10.4 Å². The predicted molar refractivity (Wildman–Crippen MR) is 82.9 cm³/mol. The van der Waals surface area contributed by atoms with Crippen molar-refractivity contribution >= 4 is 45.4 Å². The van der Waals surface area contributed by atoms with E-state index in [0.29, 0.717) is 5.75 Å². The molecular formula is C12H15N3OS3. The summed E-state index contributed by atoms with van der Waals surface area (Å²) in [5.41, 5.74) is 0.839. The number of thiophene rings is 1. The Balaban J connectivity index is 1.94. The third-order valence-electron chi connectivity index (χ3n) is 2.40. The van der Waals surface area contributed by atoms with Gasteiger partial charge in [0, 0.05) is 21.9 Å². The summed E-state index contributed by atoms with van der Waals surface area (Å²) < 4.78 is 0.828. The summed E-state index contributed by atoms with van der Waals surface area (Å²) in [6, 6.07) is 1.97. The topological polar surface area (TPSA) is 54.9 Å². The number of rotatable bonds is 6. The average molecular weight is 313 g/mol. The number of carbonyl (C=O) groups excluding carboxylic acids is 1. The molecule has 0 atom stereocenters. The molecule has 0 fully saturated rings. The largest absolute Gasteiger partial charge is 0.360 e. The zero-order valence-corrected chi connectivity index (χ0v) is 13.5. The van der Waals surface area contributed by atoms with Crippen LogP contribution in [0.1, 0.15) is 27.0 Å². The molecule has 0 saturated heterocycles. The van der Waals surface area contributed by atoms with E-state index in [-0.39, 0.29) is 5.78 Å². The highest BCUT2D eigenvalue weighted by Gasteiger charge is 2.13. The normalized spacial score (nSPS) is 10.7. The van der Waals surface area contributed by atoms with Crippen molar-refractivity contribution in [2.45, 2.75) is 25.1 Å². The van der Waals surface area contributed by atoms with Gasteiger partial charge in [-0.15, -0.1) is 21.5 Å². The highest BCUT2D eigenvalue weighted by Crippen LogP contribution is 2.27. The van der Waals surface area contributed by atoms with Crippen LogP contribution in [0.5, 0.6) is 0 Å². The number of carbonyl (C=O) groups is 1. The molecule has 0 saturated carbocycles. The van der Waals surface area contributed by atoms with E-state index in [1.165, 1.54) is 28.0 Å². The molecular weight excluding hydrogens is 298 g/mol. The van der Waals surface area contributed by atoms with E-state index in [4.69, 9.17) is 0 Å². The molecule has 0 bridgehead atoms. The van der Waals surface area contributed by atoms with Gasteiger partial charge in [-0.2, -0.15) is 0 Å². The maximum Gasteiger partial charge on any atom is 0.206 e. The molecule has 0 aliphatic rings. The van der Waals surface area contributed by atoms with Gasteiger partial charge in [0.1, 0.15) is 0 Å². The van der Waals surface area contributed by atoms with Crippen LogP contribution in [0, 0.1) is 13.8 Å². The van der Waals surface area contributed by atoms with Gasteiger partial charge in [0.2, 0.25) is 5.13 Å². The quantitative estimate of drug-likeness (QED) is 0.652. The Bertz CT molecular complexity index is 577. The summed E-state index contributed by atoms with van der Waals surface area (Å²) in [6.07, 6.45) is 0.